The van der Waals surface area contributed by atoms with E-state index in [4.69, 9.17) is 5.84 Å². The van der Waals surface area contributed by atoms with Crippen molar-refractivity contribution in [3.63, 3.8) is 0 Å². The first kappa shape index (κ1) is 12.1. The standard InChI is InChI=1S/C8H15F3N4/c1-13-7(14-12)15-4-2-3-6(5-15)8(9,10)11/h6H,2-5,12H2,1H3,(H,13,14). The van der Waals surface area contributed by atoms with Crippen molar-refractivity contribution in [3.05, 3.63) is 0 Å². The third kappa shape index (κ3) is 2.98. The van der Waals surface area contributed by atoms with Gasteiger partial charge in [0.1, 0.15) is 0 Å². The lowest BCUT2D eigenvalue weighted by Crippen LogP contribution is -2.51. The van der Waals surface area contributed by atoms with Crippen molar-refractivity contribution in [2.45, 2.75) is 19.0 Å². The molecule has 1 saturated heterocycles. The number of nitrogens with two attached hydrogens (primary N) is 1. The Morgan fingerprint density at radius 2 is 2.20 bits per heavy atom. The average molecular weight is 224 g/mol. The maximum absolute atomic E-state index is 12.5. The van der Waals surface area contributed by atoms with Crippen LogP contribution in [0.15, 0.2) is 4.99 Å². The fraction of sp³-hybridized carbons (Fsp3) is 0.875. The lowest BCUT2D eigenvalue weighted by molar-refractivity contribution is -0.183. The lowest BCUT2D eigenvalue weighted by Gasteiger charge is -2.35. The van der Waals surface area contributed by atoms with Crippen LogP contribution in [0.5, 0.6) is 0 Å². The van der Waals surface area contributed by atoms with Gasteiger partial charge < -0.3 is 4.90 Å². The Morgan fingerprint density at radius 3 is 2.67 bits per heavy atom. The van der Waals surface area contributed by atoms with Gasteiger partial charge in [0, 0.05) is 20.1 Å². The summed E-state index contributed by atoms with van der Waals surface area (Å²) in [6.45, 7) is 0.490. The highest BCUT2D eigenvalue weighted by atomic mass is 19.4. The van der Waals surface area contributed by atoms with Crippen molar-refractivity contribution < 1.29 is 13.2 Å². The molecule has 0 aliphatic carbocycles. The predicted molar refractivity (Wildman–Crippen MR) is 51.0 cm³/mol. The van der Waals surface area contributed by atoms with Gasteiger partial charge in [-0.2, -0.15) is 13.2 Å². The molecule has 0 radical (unpaired) electrons. The molecular weight excluding hydrogens is 209 g/mol. The second-order valence-electron chi connectivity index (χ2n) is 3.52. The highest BCUT2D eigenvalue weighted by Crippen LogP contribution is 2.32. The zero-order chi connectivity index (χ0) is 11.5. The molecule has 0 saturated carbocycles. The van der Waals surface area contributed by atoms with Crippen LogP contribution in [0, 0.1) is 5.92 Å². The van der Waals surface area contributed by atoms with Crippen molar-refractivity contribution in [1.82, 2.24) is 10.3 Å². The van der Waals surface area contributed by atoms with E-state index in [-0.39, 0.29) is 13.0 Å². The van der Waals surface area contributed by atoms with Gasteiger partial charge in [0.15, 0.2) is 0 Å². The second kappa shape index (κ2) is 4.69. The molecule has 88 valence electrons. The molecule has 0 aromatic carbocycles. The number of alkyl halides is 3. The second-order valence-corrected chi connectivity index (χ2v) is 3.52. The summed E-state index contributed by atoms with van der Waals surface area (Å²) in [5.74, 6) is 4.19. The number of guanidine groups is 1. The van der Waals surface area contributed by atoms with Crippen LogP contribution in [0.25, 0.3) is 0 Å². The predicted octanol–water partition coefficient (Wildman–Crippen LogP) is 0.710. The van der Waals surface area contributed by atoms with Crippen LogP contribution in [0.1, 0.15) is 12.8 Å². The van der Waals surface area contributed by atoms with Gasteiger partial charge in [-0.25, -0.2) is 5.84 Å². The fourth-order valence-electron chi connectivity index (χ4n) is 1.73. The fourth-order valence-corrected chi connectivity index (χ4v) is 1.73. The molecule has 0 amide bonds. The van der Waals surface area contributed by atoms with E-state index < -0.39 is 12.1 Å². The van der Waals surface area contributed by atoms with Crippen LogP contribution >= 0.6 is 0 Å². The highest BCUT2D eigenvalue weighted by molar-refractivity contribution is 5.79. The molecule has 0 aromatic heterocycles. The number of piperidine rings is 1. The number of likely N-dealkylation sites (tertiary alicyclic amines) is 1. The molecule has 1 rings (SSSR count). The van der Waals surface area contributed by atoms with E-state index in [2.05, 4.69) is 10.4 Å². The molecule has 1 aliphatic heterocycles. The summed E-state index contributed by atoms with van der Waals surface area (Å²) in [5.41, 5.74) is 2.30. The molecule has 0 aromatic rings. The van der Waals surface area contributed by atoms with Gasteiger partial charge in [-0.15, -0.1) is 0 Å². The van der Waals surface area contributed by atoms with E-state index in [0.29, 0.717) is 18.9 Å². The molecule has 0 spiro atoms. The first-order chi connectivity index (χ1) is 6.99. The van der Waals surface area contributed by atoms with Crippen molar-refractivity contribution in [3.8, 4) is 0 Å². The zero-order valence-corrected chi connectivity index (χ0v) is 8.51. The number of hydrogen-bond donors (Lipinski definition) is 2. The molecule has 15 heavy (non-hydrogen) atoms. The van der Waals surface area contributed by atoms with E-state index in [1.54, 1.807) is 0 Å². The number of rotatable bonds is 0. The molecule has 4 nitrogen and oxygen atoms in total. The van der Waals surface area contributed by atoms with Crippen LogP contribution in [0.3, 0.4) is 0 Å². The topological polar surface area (TPSA) is 53.6 Å². The van der Waals surface area contributed by atoms with Crippen LogP contribution < -0.4 is 11.3 Å². The van der Waals surface area contributed by atoms with Gasteiger partial charge in [0.05, 0.1) is 5.92 Å². The zero-order valence-electron chi connectivity index (χ0n) is 8.51. The molecule has 1 unspecified atom stereocenters. The SMILES string of the molecule is CN=C(NN)N1CCCC(C(F)(F)F)C1. The number of hydrazine groups is 1. The van der Waals surface area contributed by atoms with Gasteiger partial charge >= 0.3 is 6.18 Å². The first-order valence-electron chi connectivity index (χ1n) is 4.74. The largest absolute Gasteiger partial charge is 0.393 e. The molecule has 1 aliphatic rings. The Morgan fingerprint density at radius 1 is 1.53 bits per heavy atom. The first-order valence-corrected chi connectivity index (χ1v) is 4.74. The van der Waals surface area contributed by atoms with E-state index in [9.17, 15) is 13.2 Å². The maximum Gasteiger partial charge on any atom is 0.393 e. The monoisotopic (exact) mass is 224 g/mol. The van der Waals surface area contributed by atoms with Crippen molar-refractivity contribution in [2.75, 3.05) is 20.1 Å². The summed E-state index contributed by atoms with van der Waals surface area (Å²) in [4.78, 5) is 5.32. The molecule has 1 heterocycles. The normalized spacial score (nSPS) is 24.2. The number of nitrogens with one attached hydrogen (secondary N) is 1. The summed E-state index contributed by atoms with van der Waals surface area (Å²) in [5, 5.41) is 0. The Kier molecular flexibility index (Phi) is 3.78. The van der Waals surface area contributed by atoms with E-state index >= 15 is 0 Å². The summed E-state index contributed by atoms with van der Waals surface area (Å²) in [6, 6.07) is 0. The Labute approximate surface area is 86.3 Å². The summed E-state index contributed by atoms with van der Waals surface area (Å²) < 4.78 is 37.4. The molecule has 1 atom stereocenters. The molecular formula is C8H15F3N4. The number of hydrogen-bond acceptors (Lipinski definition) is 2. The van der Waals surface area contributed by atoms with E-state index in [0.717, 1.165) is 0 Å². The average Bonchev–Trinajstić information content (AvgIpc) is 2.19. The van der Waals surface area contributed by atoms with E-state index in [1.165, 1.54) is 11.9 Å². The minimum Gasteiger partial charge on any atom is -0.341 e. The van der Waals surface area contributed by atoms with Crippen molar-refractivity contribution in [2.24, 2.45) is 16.8 Å². The Bertz CT molecular complexity index is 239. The maximum atomic E-state index is 12.5. The van der Waals surface area contributed by atoms with Gasteiger partial charge in [0.2, 0.25) is 5.96 Å². The van der Waals surface area contributed by atoms with Crippen LogP contribution in [-0.4, -0.2) is 37.2 Å². The number of nitrogens with zero attached hydrogens (tertiary/aromatic N) is 2. The molecule has 3 N–H and O–H groups in total. The summed E-state index contributed by atoms with van der Waals surface area (Å²) in [6.07, 6.45) is -3.45. The lowest BCUT2D eigenvalue weighted by atomic mass is 9.98. The minimum absolute atomic E-state index is 0.0691. The Hall–Kier alpha value is -0.980. The molecule has 0 bridgehead atoms. The van der Waals surface area contributed by atoms with Gasteiger partial charge in [0.25, 0.3) is 0 Å². The number of halogens is 3. The summed E-state index contributed by atoms with van der Waals surface area (Å²) in [7, 11) is 1.49. The third-order valence-corrected chi connectivity index (χ3v) is 2.52. The van der Waals surface area contributed by atoms with Crippen LogP contribution in [0.2, 0.25) is 0 Å². The van der Waals surface area contributed by atoms with Gasteiger partial charge in [-0.05, 0) is 12.8 Å². The third-order valence-electron chi connectivity index (χ3n) is 2.52. The summed E-state index contributed by atoms with van der Waals surface area (Å²) >= 11 is 0. The van der Waals surface area contributed by atoms with E-state index in [1.807, 2.05) is 0 Å². The van der Waals surface area contributed by atoms with Gasteiger partial charge in [-0.1, -0.05) is 0 Å². The van der Waals surface area contributed by atoms with Crippen LogP contribution in [-0.2, 0) is 0 Å². The molecule has 7 heteroatoms. The highest BCUT2D eigenvalue weighted by Gasteiger charge is 2.42. The quantitative estimate of drug-likeness (QED) is 0.276. The van der Waals surface area contributed by atoms with Crippen molar-refractivity contribution >= 4 is 5.96 Å². The van der Waals surface area contributed by atoms with Crippen LogP contribution in [0.4, 0.5) is 13.2 Å². The van der Waals surface area contributed by atoms with Crippen molar-refractivity contribution in [1.29, 1.82) is 0 Å². The number of aliphatic imine (C=N–C) groups is 1. The Balaban J connectivity index is 2.64. The smallest absolute Gasteiger partial charge is 0.341 e. The molecule has 1 fully saturated rings. The minimum atomic E-state index is -4.13. The van der Waals surface area contributed by atoms with Gasteiger partial charge in [-0.3, -0.25) is 10.4 Å².